The topological polar surface area (TPSA) is 58.6 Å². The number of rotatable bonds is 8. The van der Waals surface area contributed by atoms with Crippen molar-refractivity contribution in [3.63, 3.8) is 0 Å². The number of nitrogens with zero attached hydrogens (tertiary/aromatic N) is 1. The summed E-state index contributed by atoms with van der Waals surface area (Å²) in [6.45, 7) is 4.40. The predicted octanol–water partition coefficient (Wildman–Crippen LogP) is 5.13. The van der Waals surface area contributed by atoms with E-state index in [0.29, 0.717) is 23.4 Å². The van der Waals surface area contributed by atoms with E-state index in [4.69, 9.17) is 4.74 Å². The molecule has 0 aliphatic carbocycles. The first-order valence-corrected chi connectivity index (χ1v) is 10.6. The zero-order valence-corrected chi connectivity index (χ0v) is 17.2. The lowest BCUT2D eigenvalue weighted by atomic mass is 10.1. The third-order valence-corrected chi connectivity index (χ3v) is 5.18. The second-order valence-corrected chi connectivity index (χ2v) is 7.43. The number of nitrogens with one attached hydrogen (secondary N) is 1. The predicted molar refractivity (Wildman–Crippen MR) is 116 cm³/mol. The van der Waals surface area contributed by atoms with Crippen molar-refractivity contribution in [2.45, 2.75) is 45.4 Å². The summed E-state index contributed by atoms with van der Waals surface area (Å²) in [5, 5.41) is 2.90. The third-order valence-electron chi connectivity index (χ3n) is 5.18. The molecule has 1 fully saturated rings. The van der Waals surface area contributed by atoms with Crippen LogP contribution in [0.15, 0.2) is 48.5 Å². The zero-order chi connectivity index (χ0) is 20.5. The molecule has 0 spiro atoms. The highest BCUT2D eigenvalue weighted by atomic mass is 16.5. The number of piperidine rings is 1. The van der Waals surface area contributed by atoms with E-state index in [1.54, 1.807) is 24.3 Å². The highest BCUT2D eigenvalue weighted by Gasteiger charge is 2.21. The highest BCUT2D eigenvalue weighted by molar-refractivity contribution is 6.09. The average Bonchev–Trinajstić information content (AvgIpc) is 2.77. The van der Waals surface area contributed by atoms with Gasteiger partial charge in [-0.1, -0.05) is 31.9 Å². The first kappa shape index (κ1) is 20.9. The molecule has 3 rings (SSSR count). The summed E-state index contributed by atoms with van der Waals surface area (Å²) in [7, 11) is 0. The molecule has 2 aromatic rings. The molecule has 0 unspecified atom stereocenters. The maximum absolute atomic E-state index is 12.9. The Bertz CT molecular complexity index is 811. The van der Waals surface area contributed by atoms with Crippen LogP contribution in [-0.4, -0.2) is 36.4 Å². The molecule has 0 bridgehead atoms. The highest BCUT2D eigenvalue weighted by Crippen LogP contribution is 2.21. The van der Waals surface area contributed by atoms with Crippen molar-refractivity contribution in [2.24, 2.45) is 0 Å². The summed E-state index contributed by atoms with van der Waals surface area (Å²) < 4.78 is 5.70. The lowest BCUT2D eigenvalue weighted by Crippen LogP contribution is -2.36. The van der Waals surface area contributed by atoms with Gasteiger partial charge in [-0.05, 0) is 62.1 Å². The number of para-hydroxylation sites is 1. The minimum absolute atomic E-state index is 0.0172. The number of carbonyl (C=O) groups excluding carboxylic acids is 2. The van der Waals surface area contributed by atoms with E-state index in [0.717, 1.165) is 50.9 Å². The first-order chi connectivity index (χ1) is 14.2. The molecule has 1 aliphatic rings. The maximum Gasteiger partial charge on any atom is 0.255 e. The van der Waals surface area contributed by atoms with Gasteiger partial charge in [-0.25, -0.2) is 0 Å². The minimum atomic E-state index is -0.235. The van der Waals surface area contributed by atoms with Gasteiger partial charge < -0.3 is 15.0 Å². The maximum atomic E-state index is 12.9. The molecular formula is C24H30N2O3. The number of ether oxygens (including phenoxy) is 1. The van der Waals surface area contributed by atoms with Crippen LogP contribution in [0.5, 0.6) is 5.75 Å². The number of likely N-dealkylation sites (tertiary alicyclic amines) is 1. The van der Waals surface area contributed by atoms with E-state index in [1.807, 2.05) is 29.2 Å². The summed E-state index contributed by atoms with van der Waals surface area (Å²) in [4.78, 5) is 27.5. The van der Waals surface area contributed by atoms with Gasteiger partial charge in [0.05, 0.1) is 17.9 Å². The average molecular weight is 395 g/mol. The fraction of sp³-hybridized carbons (Fsp3) is 0.417. The van der Waals surface area contributed by atoms with Gasteiger partial charge in [0.15, 0.2) is 0 Å². The third kappa shape index (κ3) is 5.83. The number of hydrogen-bond donors (Lipinski definition) is 1. The monoisotopic (exact) mass is 394 g/mol. The van der Waals surface area contributed by atoms with Crippen molar-refractivity contribution in [1.82, 2.24) is 4.90 Å². The fourth-order valence-corrected chi connectivity index (χ4v) is 3.49. The fourth-order valence-electron chi connectivity index (χ4n) is 3.49. The Morgan fingerprint density at radius 3 is 2.41 bits per heavy atom. The summed E-state index contributed by atoms with van der Waals surface area (Å²) >= 11 is 0. The van der Waals surface area contributed by atoms with E-state index < -0.39 is 0 Å². The van der Waals surface area contributed by atoms with Crippen LogP contribution in [0.4, 0.5) is 5.69 Å². The van der Waals surface area contributed by atoms with Crippen LogP contribution in [-0.2, 0) is 0 Å². The lowest BCUT2D eigenvalue weighted by Gasteiger charge is -2.27. The van der Waals surface area contributed by atoms with Gasteiger partial charge in [-0.3, -0.25) is 9.59 Å². The second-order valence-electron chi connectivity index (χ2n) is 7.43. The molecule has 0 radical (unpaired) electrons. The molecule has 0 saturated carbocycles. The molecule has 5 nitrogen and oxygen atoms in total. The molecule has 2 amide bonds. The van der Waals surface area contributed by atoms with Crippen molar-refractivity contribution < 1.29 is 14.3 Å². The van der Waals surface area contributed by atoms with Crippen LogP contribution < -0.4 is 10.1 Å². The second kappa shape index (κ2) is 10.6. The van der Waals surface area contributed by atoms with E-state index in [-0.39, 0.29) is 11.8 Å². The van der Waals surface area contributed by atoms with Crippen LogP contribution in [0.2, 0.25) is 0 Å². The van der Waals surface area contributed by atoms with Crippen LogP contribution in [0.25, 0.3) is 0 Å². The van der Waals surface area contributed by atoms with Crippen LogP contribution >= 0.6 is 0 Å². The number of amides is 2. The van der Waals surface area contributed by atoms with Crippen LogP contribution in [0.1, 0.15) is 66.2 Å². The molecule has 1 heterocycles. The molecule has 1 N–H and O–H groups in total. The Kier molecular flexibility index (Phi) is 7.68. The number of anilines is 1. The van der Waals surface area contributed by atoms with Gasteiger partial charge in [0.1, 0.15) is 5.75 Å². The Morgan fingerprint density at radius 2 is 1.69 bits per heavy atom. The summed E-state index contributed by atoms with van der Waals surface area (Å²) in [6.07, 6.45) is 6.57. The molecule has 2 aromatic carbocycles. The molecule has 5 heteroatoms. The van der Waals surface area contributed by atoms with E-state index in [9.17, 15) is 9.59 Å². The number of carbonyl (C=O) groups is 2. The summed E-state index contributed by atoms with van der Waals surface area (Å²) in [5.41, 5.74) is 1.62. The largest absolute Gasteiger partial charge is 0.494 e. The smallest absolute Gasteiger partial charge is 0.255 e. The standard InChI is InChI=1S/C24H30N2O3/c1-2-3-9-18-29-20-14-12-19(13-15-20)23(27)25-22-11-6-5-10-21(22)24(28)26-16-7-4-8-17-26/h5-6,10-15H,2-4,7-9,16-18H2,1H3,(H,25,27). The SMILES string of the molecule is CCCCCOc1ccc(C(=O)Nc2ccccc2C(=O)N2CCCCC2)cc1. The quantitative estimate of drug-likeness (QED) is 0.631. The Morgan fingerprint density at radius 1 is 0.966 bits per heavy atom. The lowest BCUT2D eigenvalue weighted by molar-refractivity contribution is 0.0725. The van der Waals surface area contributed by atoms with E-state index in [1.165, 1.54) is 6.42 Å². The number of hydrogen-bond acceptors (Lipinski definition) is 3. The van der Waals surface area contributed by atoms with Gasteiger partial charge in [0.25, 0.3) is 11.8 Å². The van der Waals surface area contributed by atoms with Crippen LogP contribution in [0.3, 0.4) is 0 Å². The van der Waals surface area contributed by atoms with Gasteiger partial charge >= 0.3 is 0 Å². The Balaban J connectivity index is 1.64. The van der Waals surface area contributed by atoms with Crippen molar-refractivity contribution in [1.29, 1.82) is 0 Å². The van der Waals surface area contributed by atoms with Crippen molar-refractivity contribution in [3.05, 3.63) is 59.7 Å². The van der Waals surface area contributed by atoms with Gasteiger partial charge in [0, 0.05) is 18.7 Å². The van der Waals surface area contributed by atoms with E-state index in [2.05, 4.69) is 12.2 Å². The minimum Gasteiger partial charge on any atom is -0.494 e. The normalized spacial score (nSPS) is 13.8. The van der Waals surface area contributed by atoms with Crippen molar-refractivity contribution >= 4 is 17.5 Å². The van der Waals surface area contributed by atoms with E-state index >= 15 is 0 Å². The van der Waals surface area contributed by atoms with Gasteiger partial charge in [0.2, 0.25) is 0 Å². The van der Waals surface area contributed by atoms with Crippen molar-refractivity contribution in [2.75, 3.05) is 25.0 Å². The molecule has 154 valence electrons. The number of benzene rings is 2. The number of unbranched alkanes of at least 4 members (excludes halogenated alkanes) is 2. The molecule has 0 atom stereocenters. The zero-order valence-electron chi connectivity index (χ0n) is 17.2. The summed E-state index contributed by atoms with van der Waals surface area (Å²) in [6, 6.07) is 14.3. The summed E-state index contributed by atoms with van der Waals surface area (Å²) in [5.74, 6) is 0.510. The molecule has 29 heavy (non-hydrogen) atoms. The van der Waals surface area contributed by atoms with Gasteiger partial charge in [-0.15, -0.1) is 0 Å². The van der Waals surface area contributed by atoms with Gasteiger partial charge in [-0.2, -0.15) is 0 Å². The van der Waals surface area contributed by atoms with Crippen molar-refractivity contribution in [3.8, 4) is 5.75 Å². The molecule has 1 saturated heterocycles. The molecule has 1 aliphatic heterocycles. The first-order valence-electron chi connectivity index (χ1n) is 10.6. The van der Waals surface area contributed by atoms with Crippen LogP contribution in [0, 0.1) is 0 Å². The Hall–Kier alpha value is -2.82. The molecular weight excluding hydrogens is 364 g/mol. The Labute approximate surface area is 173 Å². The molecule has 0 aromatic heterocycles.